The van der Waals surface area contributed by atoms with Gasteiger partial charge >= 0.3 is 5.97 Å². The molecule has 0 spiro atoms. The number of aromatic nitrogens is 2. The van der Waals surface area contributed by atoms with Gasteiger partial charge in [0.15, 0.2) is 0 Å². The zero-order valence-electron chi connectivity index (χ0n) is 13.8. The van der Waals surface area contributed by atoms with Crippen LogP contribution in [0.5, 0.6) is 0 Å². The lowest BCUT2D eigenvalue weighted by Gasteiger charge is -2.18. The zero-order valence-corrected chi connectivity index (χ0v) is 13.8. The van der Waals surface area contributed by atoms with Gasteiger partial charge in [-0.15, -0.1) is 0 Å². The van der Waals surface area contributed by atoms with Crippen molar-refractivity contribution in [3.05, 3.63) is 17.5 Å². The second kappa shape index (κ2) is 9.55. The van der Waals surface area contributed by atoms with E-state index in [9.17, 15) is 4.79 Å². The van der Waals surface area contributed by atoms with Crippen LogP contribution in [0.2, 0.25) is 0 Å². The smallest absolute Gasteiger partial charge is 0.341 e. The SMILES string of the molecule is CCCCC(CCC)NCc1c(C(=O)OCC)cnn1C. The minimum absolute atomic E-state index is 0.289. The van der Waals surface area contributed by atoms with E-state index in [-0.39, 0.29) is 5.97 Å². The first kappa shape index (κ1) is 17.7. The average molecular weight is 295 g/mol. The van der Waals surface area contributed by atoms with E-state index in [1.165, 1.54) is 19.3 Å². The van der Waals surface area contributed by atoms with Crippen molar-refractivity contribution in [1.29, 1.82) is 0 Å². The summed E-state index contributed by atoms with van der Waals surface area (Å²) in [4.78, 5) is 11.9. The van der Waals surface area contributed by atoms with Crippen LogP contribution in [0.3, 0.4) is 0 Å². The standard InChI is InChI=1S/C16H29N3O2/c1-5-8-10-13(9-6-2)17-12-15-14(11-18-19(15)4)16(20)21-7-3/h11,13,17H,5-10,12H2,1-4H3. The van der Waals surface area contributed by atoms with E-state index >= 15 is 0 Å². The molecular weight excluding hydrogens is 266 g/mol. The third kappa shape index (κ3) is 5.50. The molecule has 0 fully saturated rings. The number of hydrogen-bond acceptors (Lipinski definition) is 4. The topological polar surface area (TPSA) is 56.1 Å². The van der Waals surface area contributed by atoms with Crippen molar-refractivity contribution in [3.63, 3.8) is 0 Å². The Bertz CT molecular complexity index is 429. The molecule has 1 heterocycles. The molecule has 1 atom stereocenters. The third-order valence-electron chi connectivity index (χ3n) is 3.66. The van der Waals surface area contributed by atoms with Crippen molar-refractivity contribution in [2.24, 2.45) is 7.05 Å². The van der Waals surface area contributed by atoms with E-state index in [2.05, 4.69) is 24.3 Å². The number of carbonyl (C=O) groups is 1. The summed E-state index contributed by atoms with van der Waals surface area (Å²) in [5.41, 5.74) is 1.46. The molecule has 1 aromatic heterocycles. The summed E-state index contributed by atoms with van der Waals surface area (Å²) < 4.78 is 6.83. The quantitative estimate of drug-likeness (QED) is 0.674. The van der Waals surface area contributed by atoms with Crippen LogP contribution in [0, 0.1) is 0 Å². The normalized spacial score (nSPS) is 12.4. The van der Waals surface area contributed by atoms with Crippen LogP contribution in [-0.4, -0.2) is 28.4 Å². The minimum Gasteiger partial charge on any atom is -0.462 e. The van der Waals surface area contributed by atoms with Crippen molar-refractivity contribution in [2.45, 2.75) is 65.5 Å². The Kier molecular flexibility index (Phi) is 8.05. The second-order valence-corrected chi connectivity index (χ2v) is 5.36. The maximum atomic E-state index is 11.9. The number of rotatable bonds is 10. The van der Waals surface area contributed by atoms with E-state index < -0.39 is 0 Å². The Hall–Kier alpha value is -1.36. The molecule has 0 saturated heterocycles. The number of hydrogen-bond donors (Lipinski definition) is 1. The van der Waals surface area contributed by atoms with Crippen molar-refractivity contribution in [2.75, 3.05) is 6.61 Å². The summed E-state index contributed by atoms with van der Waals surface area (Å²) >= 11 is 0. The maximum absolute atomic E-state index is 11.9. The molecular formula is C16H29N3O2. The summed E-state index contributed by atoms with van der Waals surface area (Å²) in [6, 6.07) is 0.500. The van der Waals surface area contributed by atoms with E-state index in [0.717, 1.165) is 18.5 Å². The van der Waals surface area contributed by atoms with Crippen LogP contribution >= 0.6 is 0 Å². The Morgan fingerprint density at radius 1 is 1.33 bits per heavy atom. The highest BCUT2D eigenvalue weighted by Gasteiger charge is 2.18. The minimum atomic E-state index is -0.289. The van der Waals surface area contributed by atoms with Gasteiger partial charge in [-0.05, 0) is 19.8 Å². The largest absolute Gasteiger partial charge is 0.462 e. The molecule has 1 unspecified atom stereocenters. The molecule has 0 bridgehead atoms. The summed E-state index contributed by atoms with van der Waals surface area (Å²) in [7, 11) is 1.86. The molecule has 1 rings (SSSR count). The molecule has 5 nitrogen and oxygen atoms in total. The van der Waals surface area contributed by atoms with Gasteiger partial charge in [-0.1, -0.05) is 33.1 Å². The Balaban J connectivity index is 2.68. The summed E-state index contributed by atoms with van der Waals surface area (Å²) in [5, 5.41) is 7.75. The van der Waals surface area contributed by atoms with Crippen LogP contribution in [0.15, 0.2) is 6.20 Å². The Labute approximate surface area is 128 Å². The molecule has 1 aromatic rings. The van der Waals surface area contributed by atoms with Crippen molar-refractivity contribution >= 4 is 5.97 Å². The van der Waals surface area contributed by atoms with E-state index in [4.69, 9.17) is 4.74 Å². The fourth-order valence-electron chi connectivity index (χ4n) is 2.44. The molecule has 1 N–H and O–H groups in total. The number of carbonyl (C=O) groups excluding carboxylic acids is 1. The second-order valence-electron chi connectivity index (χ2n) is 5.36. The maximum Gasteiger partial charge on any atom is 0.341 e. The lowest BCUT2D eigenvalue weighted by atomic mass is 10.0. The highest BCUT2D eigenvalue weighted by molar-refractivity contribution is 5.90. The number of nitrogens with zero attached hydrogens (tertiary/aromatic N) is 2. The Morgan fingerprint density at radius 3 is 2.71 bits per heavy atom. The summed E-state index contributed by atoms with van der Waals surface area (Å²) in [6.45, 7) is 7.26. The first-order chi connectivity index (χ1) is 10.1. The predicted octanol–water partition coefficient (Wildman–Crippen LogP) is 3.05. The average Bonchev–Trinajstić information content (AvgIpc) is 2.83. The molecule has 5 heteroatoms. The molecule has 0 aliphatic heterocycles. The van der Waals surface area contributed by atoms with E-state index in [0.29, 0.717) is 24.8 Å². The fourth-order valence-corrected chi connectivity index (χ4v) is 2.44. The lowest BCUT2D eigenvalue weighted by molar-refractivity contribution is 0.0524. The molecule has 0 saturated carbocycles. The van der Waals surface area contributed by atoms with Gasteiger partial charge in [0.2, 0.25) is 0 Å². The first-order valence-electron chi connectivity index (χ1n) is 8.05. The van der Waals surface area contributed by atoms with Crippen molar-refractivity contribution in [1.82, 2.24) is 15.1 Å². The Morgan fingerprint density at radius 2 is 2.10 bits per heavy atom. The number of unbranched alkanes of at least 4 members (excludes halogenated alkanes) is 1. The predicted molar refractivity (Wildman–Crippen MR) is 84.2 cm³/mol. The van der Waals surface area contributed by atoms with Crippen LogP contribution in [-0.2, 0) is 18.3 Å². The van der Waals surface area contributed by atoms with Gasteiger partial charge in [-0.2, -0.15) is 5.10 Å². The van der Waals surface area contributed by atoms with Crippen molar-refractivity contribution in [3.8, 4) is 0 Å². The number of esters is 1. The van der Waals surface area contributed by atoms with Gasteiger partial charge in [-0.25, -0.2) is 4.79 Å². The highest BCUT2D eigenvalue weighted by atomic mass is 16.5. The van der Waals surface area contributed by atoms with Gasteiger partial charge in [0.25, 0.3) is 0 Å². The number of ether oxygens (including phenoxy) is 1. The number of aryl methyl sites for hydroxylation is 1. The van der Waals surface area contributed by atoms with E-state index in [1.54, 1.807) is 10.9 Å². The zero-order chi connectivity index (χ0) is 15.7. The van der Waals surface area contributed by atoms with Gasteiger partial charge in [0, 0.05) is 19.6 Å². The molecule has 0 aromatic carbocycles. The molecule has 120 valence electrons. The van der Waals surface area contributed by atoms with Gasteiger partial charge in [0.05, 0.1) is 18.5 Å². The molecule has 0 aliphatic rings. The fraction of sp³-hybridized carbons (Fsp3) is 0.750. The molecule has 0 radical (unpaired) electrons. The first-order valence-corrected chi connectivity index (χ1v) is 8.05. The summed E-state index contributed by atoms with van der Waals surface area (Å²) in [5.74, 6) is -0.289. The van der Waals surface area contributed by atoms with Gasteiger partial charge < -0.3 is 10.1 Å². The molecule has 0 amide bonds. The van der Waals surface area contributed by atoms with E-state index in [1.807, 2.05) is 14.0 Å². The van der Waals surface area contributed by atoms with Crippen LogP contribution < -0.4 is 5.32 Å². The van der Waals surface area contributed by atoms with Gasteiger partial charge in [-0.3, -0.25) is 4.68 Å². The van der Waals surface area contributed by atoms with Crippen LogP contribution in [0.25, 0.3) is 0 Å². The van der Waals surface area contributed by atoms with Gasteiger partial charge in [0.1, 0.15) is 5.56 Å². The highest BCUT2D eigenvalue weighted by Crippen LogP contribution is 2.12. The van der Waals surface area contributed by atoms with Crippen LogP contribution in [0.4, 0.5) is 0 Å². The lowest BCUT2D eigenvalue weighted by Crippen LogP contribution is -2.30. The van der Waals surface area contributed by atoms with Crippen molar-refractivity contribution < 1.29 is 9.53 Å². The molecule has 0 aliphatic carbocycles. The van der Waals surface area contributed by atoms with Crippen LogP contribution in [0.1, 0.15) is 68.9 Å². The third-order valence-corrected chi connectivity index (χ3v) is 3.66. The number of nitrogens with one attached hydrogen (secondary N) is 1. The summed E-state index contributed by atoms with van der Waals surface area (Å²) in [6.07, 6.45) is 7.53. The molecule has 21 heavy (non-hydrogen) atoms. The monoisotopic (exact) mass is 295 g/mol.